The first-order chi connectivity index (χ1) is 15.0. The van der Waals surface area contributed by atoms with Gasteiger partial charge in [0.15, 0.2) is 11.8 Å². The fourth-order valence-electron chi connectivity index (χ4n) is 3.23. The van der Waals surface area contributed by atoms with Gasteiger partial charge in [-0.1, -0.05) is 60.1 Å². The van der Waals surface area contributed by atoms with Crippen LogP contribution in [0.15, 0.2) is 83.7 Å². The molecule has 0 saturated heterocycles. The number of fused-ring (bicyclic) bond motifs is 1. The summed E-state index contributed by atoms with van der Waals surface area (Å²) < 4.78 is 6.58. The van der Waals surface area contributed by atoms with Crippen LogP contribution in [0.5, 0.6) is 0 Å². The predicted octanol–water partition coefficient (Wildman–Crippen LogP) is 4.47. The van der Waals surface area contributed by atoms with E-state index in [0.29, 0.717) is 27.0 Å². The smallest absolute Gasteiger partial charge is 0.360 e. The van der Waals surface area contributed by atoms with Gasteiger partial charge in [-0.05, 0) is 37.3 Å². The highest BCUT2D eigenvalue weighted by molar-refractivity contribution is 6.31. The Hall–Kier alpha value is -3.77. The van der Waals surface area contributed by atoms with Gasteiger partial charge in [0.2, 0.25) is 5.78 Å². The highest BCUT2D eigenvalue weighted by Gasteiger charge is 2.24. The molecule has 0 saturated carbocycles. The van der Waals surface area contributed by atoms with E-state index in [1.165, 1.54) is 13.0 Å². The van der Waals surface area contributed by atoms with Gasteiger partial charge in [-0.3, -0.25) is 9.59 Å². The van der Waals surface area contributed by atoms with Crippen LogP contribution in [0, 0.1) is 0 Å². The molecule has 1 unspecified atom stereocenters. The first-order valence-electron chi connectivity index (χ1n) is 9.54. The number of benzene rings is 3. The first kappa shape index (κ1) is 20.5. The molecule has 0 bridgehead atoms. The molecule has 0 aliphatic rings. The lowest BCUT2D eigenvalue weighted by atomic mass is 10.1. The molecule has 0 radical (unpaired) electrons. The molecule has 6 nitrogen and oxygen atoms in total. The Kier molecular flexibility index (Phi) is 5.64. The molecule has 0 N–H and O–H groups in total. The molecule has 0 fully saturated rings. The van der Waals surface area contributed by atoms with Crippen LogP contribution in [-0.4, -0.2) is 27.6 Å². The van der Waals surface area contributed by atoms with Crippen LogP contribution in [-0.2, 0) is 4.74 Å². The van der Waals surface area contributed by atoms with Crippen molar-refractivity contribution in [3.8, 4) is 5.69 Å². The number of ketones is 1. The molecular formula is C24H17ClN2O4. The molecule has 0 spiro atoms. The fraction of sp³-hybridized carbons (Fsp3) is 0.0833. The third kappa shape index (κ3) is 4.11. The number of aromatic nitrogens is 2. The normalized spacial score (nSPS) is 11.8. The molecule has 4 aromatic rings. The maximum absolute atomic E-state index is 13.0. The Morgan fingerprint density at radius 1 is 0.935 bits per heavy atom. The molecule has 1 heterocycles. The van der Waals surface area contributed by atoms with Crippen molar-refractivity contribution in [1.29, 1.82) is 0 Å². The number of carbonyl (C=O) groups is 2. The average molecular weight is 433 g/mol. The number of para-hydroxylation sites is 1. The van der Waals surface area contributed by atoms with Crippen LogP contribution in [0.3, 0.4) is 0 Å². The molecule has 31 heavy (non-hydrogen) atoms. The van der Waals surface area contributed by atoms with Crippen molar-refractivity contribution < 1.29 is 14.3 Å². The Bertz CT molecular complexity index is 1350. The van der Waals surface area contributed by atoms with Gasteiger partial charge in [0.1, 0.15) is 0 Å². The molecule has 1 atom stereocenters. The third-order valence-electron chi connectivity index (χ3n) is 4.76. The summed E-state index contributed by atoms with van der Waals surface area (Å²) in [4.78, 5) is 38.6. The summed E-state index contributed by atoms with van der Waals surface area (Å²) in [5.74, 6) is -1.19. The summed E-state index contributed by atoms with van der Waals surface area (Å²) in [7, 11) is 0. The Morgan fingerprint density at radius 3 is 2.32 bits per heavy atom. The van der Waals surface area contributed by atoms with Gasteiger partial charge in [-0.2, -0.15) is 9.78 Å². The molecule has 0 aliphatic carbocycles. The molecule has 4 rings (SSSR count). The van der Waals surface area contributed by atoms with E-state index in [2.05, 4.69) is 5.10 Å². The molecule has 154 valence electrons. The summed E-state index contributed by atoms with van der Waals surface area (Å²) in [6.07, 6.45) is -1.07. The Morgan fingerprint density at radius 2 is 1.61 bits per heavy atom. The largest absolute Gasteiger partial charge is 0.449 e. The Balaban J connectivity index is 1.73. The zero-order valence-corrected chi connectivity index (χ0v) is 17.2. The van der Waals surface area contributed by atoms with Crippen LogP contribution in [0.1, 0.15) is 27.8 Å². The van der Waals surface area contributed by atoms with E-state index in [9.17, 15) is 14.4 Å². The minimum Gasteiger partial charge on any atom is -0.449 e. The second-order valence-electron chi connectivity index (χ2n) is 6.87. The molecule has 0 amide bonds. The lowest BCUT2D eigenvalue weighted by molar-refractivity contribution is 0.0313. The van der Waals surface area contributed by atoms with Crippen LogP contribution in [0.25, 0.3) is 16.5 Å². The predicted molar refractivity (Wildman–Crippen MR) is 118 cm³/mol. The number of carbonyl (C=O) groups excluding carboxylic acids is 2. The summed E-state index contributed by atoms with van der Waals surface area (Å²) in [6.45, 7) is 1.48. The summed E-state index contributed by atoms with van der Waals surface area (Å²) in [5.41, 5.74) is 0.432. The number of Topliss-reactive ketones (excluding diaryl/α,β-unsaturated/α-hetero) is 1. The highest BCUT2D eigenvalue weighted by Crippen LogP contribution is 2.18. The highest BCUT2D eigenvalue weighted by atomic mass is 35.5. The van der Waals surface area contributed by atoms with E-state index >= 15 is 0 Å². The molecule has 1 aromatic heterocycles. The minimum absolute atomic E-state index is 0.0511. The van der Waals surface area contributed by atoms with E-state index in [-0.39, 0.29) is 11.3 Å². The number of rotatable bonds is 5. The lowest BCUT2D eigenvalue weighted by Gasteiger charge is -2.14. The van der Waals surface area contributed by atoms with Crippen molar-refractivity contribution in [3.63, 3.8) is 0 Å². The molecular weight excluding hydrogens is 416 g/mol. The summed E-state index contributed by atoms with van der Waals surface area (Å²) in [6, 6.07) is 21.8. The van der Waals surface area contributed by atoms with Gasteiger partial charge in [-0.25, -0.2) is 4.79 Å². The number of ether oxygens (including phenoxy) is 1. The lowest BCUT2D eigenvalue weighted by Crippen LogP contribution is -2.28. The van der Waals surface area contributed by atoms with Crippen molar-refractivity contribution >= 4 is 34.1 Å². The number of esters is 1. The standard InChI is InChI=1S/C24H17ClN2O4/c1-15(22(28)16-8-7-9-17(25)14-16)31-24(30)21-19-12-5-6-13-20(19)23(29)27(26-21)18-10-3-2-4-11-18/h2-15H,1H3. The van der Waals surface area contributed by atoms with Crippen LogP contribution < -0.4 is 5.56 Å². The summed E-state index contributed by atoms with van der Waals surface area (Å²) in [5, 5.41) is 5.35. The number of hydrogen-bond donors (Lipinski definition) is 0. The van der Waals surface area contributed by atoms with Crippen molar-refractivity contribution in [1.82, 2.24) is 9.78 Å². The third-order valence-corrected chi connectivity index (χ3v) is 5.00. The van der Waals surface area contributed by atoms with Gasteiger partial charge in [0.05, 0.1) is 11.1 Å². The van der Waals surface area contributed by atoms with Crippen molar-refractivity contribution in [3.05, 3.63) is 105 Å². The van der Waals surface area contributed by atoms with Crippen LogP contribution in [0.2, 0.25) is 5.02 Å². The zero-order chi connectivity index (χ0) is 22.0. The van der Waals surface area contributed by atoms with Gasteiger partial charge in [0.25, 0.3) is 5.56 Å². The quantitative estimate of drug-likeness (QED) is 0.343. The molecule has 0 aliphatic heterocycles. The molecule has 3 aromatic carbocycles. The van der Waals surface area contributed by atoms with Gasteiger partial charge < -0.3 is 4.74 Å². The van der Waals surface area contributed by atoms with Gasteiger partial charge in [-0.15, -0.1) is 0 Å². The van der Waals surface area contributed by atoms with Crippen LogP contribution in [0.4, 0.5) is 0 Å². The zero-order valence-electron chi connectivity index (χ0n) is 16.5. The van der Waals surface area contributed by atoms with E-state index in [1.807, 2.05) is 6.07 Å². The van der Waals surface area contributed by atoms with E-state index in [4.69, 9.17) is 16.3 Å². The van der Waals surface area contributed by atoms with Crippen molar-refractivity contribution in [2.45, 2.75) is 13.0 Å². The van der Waals surface area contributed by atoms with E-state index in [0.717, 1.165) is 4.68 Å². The minimum atomic E-state index is -1.07. The van der Waals surface area contributed by atoms with Crippen LogP contribution >= 0.6 is 11.6 Å². The van der Waals surface area contributed by atoms with E-state index in [1.54, 1.807) is 66.7 Å². The monoisotopic (exact) mass is 432 g/mol. The SMILES string of the molecule is CC(OC(=O)c1nn(-c2ccccc2)c(=O)c2ccccc12)C(=O)c1cccc(Cl)c1. The van der Waals surface area contributed by atoms with Gasteiger partial charge in [0, 0.05) is 16.0 Å². The van der Waals surface area contributed by atoms with Gasteiger partial charge >= 0.3 is 5.97 Å². The average Bonchev–Trinajstić information content (AvgIpc) is 2.79. The van der Waals surface area contributed by atoms with Crippen molar-refractivity contribution in [2.24, 2.45) is 0 Å². The fourth-order valence-corrected chi connectivity index (χ4v) is 3.42. The summed E-state index contributed by atoms with van der Waals surface area (Å²) >= 11 is 5.95. The number of hydrogen-bond acceptors (Lipinski definition) is 5. The van der Waals surface area contributed by atoms with E-state index < -0.39 is 17.9 Å². The second-order valence-corrected chi connectivity index (χ2v) is 7.31. The number of halogens is 1. The molecule has 7 heteroatoms. The second kappa shape index (κ2) is 8.53. The first-order valence-corrected chi connectivity index (χ1v) is 9.92. The number of nitrogens with zero attached hydrogens (tertiary/aromatic N) is 2. The maximum Gasteiger partial charge on any atom is 0.360 e. The van der Waals surface area contributed by atoms with Crippen molar-refractivity contribution in [2.75, 3.05) is 0 Å². The Labute approximate surface area is 182 Å². The maximum atomic E-state index is 13.0. The topological polar surface area (TPSA) is 78.3 Å².